The second-order valence-electron chi connectivity index (χ2n) is 8.52. The van der Waals surface area contributed by atoms with E-state index in [2.05, 4.69) is 5.32 Å². The van der Waals surface area contributed by atoms with E-state index in [4.69, 9.17) is 23.7 Å². The second-order valence-corrected chi connectivity index (χ2v) is 8.52. The Morgan fingerprint density at radius 3 is 2.20 bits per heavy atom. The molecule has 0 heterocycles. The number of hydrogen-bond acceptors (Lipinski definition) is 7. The Bertz CT molecular complexity index is 949. The summed E-state index contributed by atoms with van der Waals surface area (Å²) in [6, 6.07) is 13.0. The zero-order valence-corrected chi connectivity index (χ0v) is 20.9. The monoisotopic (exact) mass is 485 g/mol. The number of amides is 1. The number of methoxy groups -OCH3 is 1. The maximum absolute atomic E-state index is 11.5. The zero-order chi connectivity index (χ0) is 25.5. The van der Waals surface area contributed by atoms with E-state index in [0.717, 1.165) is 23.2 Å². The van der Waals surface area contributed by atoms with Gasteiger partial charge in [0.25, 0.3) is 0 Å². The van der Waals surface area contributed by atoms with Crippen LogP contribution in [0.2, 0.25) is 0 Å². The number of alkyl carbamates (subject to hydrolysis) is 1. The zero-order valence-electron chi connectivity index (χ0n) is 20.9. The number of rotatable bonds is 14. The Morgan fingerprint density at radius 1 is 0.886 bits per heavy atom. The van der Waals surface area contributed by atoms with Crippen molar-refractivity contribution in [2.24, 2.45) is 0 Å². The number of benzene rings is 2. The highest BCUT2D eigenvalue weighted by Gasteiger charge is 2.15. The van der Waals surface area contributed by atoms with Crippen LogP contribution in [0.4, 0.5) is 4.79 Å². The second kappa shape index (κ2) is 14.8. The predicted octanol–water partition coefficient (Wildman–Crippen LogP) is 4.61. The minimum atomic E-state index is -0.513. The molecule has 8 nitrogen and oxygen atoms in total. The first kappa shape index (κ1) is 27.9. The van der Waals surface area contributed by atoms with E-state index in [0.29, 0.717) is 50.9 Å². The van der Waals surface area contributed by atoms with Gasteiger partial charge in [-0.2, -0.15) is 0 Å². The molecule has 0 saturated carbocycles. The molecule has 0 bridgehead atoms. The van der Waals surface area contributed by atoms with Crippen LogP contribution in [0, 0.1) is 0 Å². The van der Waals surface area contributed by atoms with Gasteiger partial charge in [0.15, 0.2) is 0 Å². The van der Waals surface area contributed by atoms with Crippen LogP contribution in [0.5, 0.6) is 11.5 Å². The fourth-order valence-electron chi connectivity index (χ4n) is 2.88. The quantitative estimate of drug-likeness (QED) is 0.237. The topological polar surface area (TPSA) is 92.3 Å². The lowest BCUT2D eigenvalue weighted by molar-refractivity contribution is 0.0327. The van der Waals surface area contributed by atoms with Crippen molar-refractivity contribution >= 4 is 24.5 Å². The summed E-state index contributed by atoms with van der Waals surface area (Å²) in [5, 5.41) is 2.63. The number of carbonyl (C=O) groups is 2. The predicted molar refractivity (Wildman–Crippen MR) is 135 cm³/mol. The molecule has 0 spiro atoms. The molecule has 2 rings (SSSR count). The lowest BCUT2D eigenvalue weighted by Crippen LogP contribution is -2.34. The minimum absolute atomic E-state index is 0.378. The van der Waals surface area contributed by atoms with Crippen LogP contribution in [0.3, 0.4) is 0 Å². The molecule has 0 aromatic heterocycles. The van der Waals surface area contributed by atoms with Crippen LogP contribution in [-0.2, 0) is 14.2 Å². The van der Waals surface area contributed by atoms with Gasteiger partial charge in [-0.3, -0.25) is 4.79 Å². The summed E-state index contributed by atoms with van der Waals surface area (Å²) in [5.74, 6) is 1.40. The van der Waals surface area contributed by atoms with Crippen LogP contribution in [-0.4, -0.2) is 64.7 Å². The van der Waals surface area contributed by atoms with Gasteiger partial charge in [0.05, 0.1) is 33.5 Å². The number of carbonyl (C=O) groups excluding carboxylic acids is 2. The van der Waals surface area contributed by atoms with Crippen LogP contribution < -0.4 is 14.8 Å². The molecule has 0 aliphatic heterocycles. The molecule has 1 amide bonds. The normalized spacial score (nSPS) is 11.3. The summed E-state index contributed by atoms with van der Waals surface area (Å²) in [6.45, 7) is 7.95. The summed E-state index contributed by atoms with van der Waals surface area (Å²) < 4.78 is 27.1. The highest BCUT2D eigenvalue weighted by Crippen LogP contribution is 2.22. The van der Waals surface area contributed by atoms with Crippen LogP contribution >= 0.6 is 0 Å². The molecule has 190 valence electrons. The molecule has 8 heteroatoms. The average Bonchev–Trinajstić information content (AvgIpc) is 2.83. The summed E-state index contributed by atoms with van der Waals surface area (Å²) >= 11 is 0. The van der Waals surface area contributed by atoms with E-state index in [1.165, 1.54) is 0 Å². The fraction of sp³-hybridized carbons (Fsp3) is 0.407. The van der Waals surface area contributed by atoms with Crippen molar-refractivity contribution in [1.82, 2.24) is 5.32 Å². The lowest BCUT2D eigenvalue weighted by Gasteiger charge is -2.19. The molecule has 0 aliphatic carbocycles. The molecule has 0 atom stereocenters. The lowest BCUT2D eigenvalue weighted by atomic mass is 10.1. The van der Waals surface area contributed by atoms with Gasteiger partial charge in [-0.1, -0.05) is 36.4 Å². The maximum atomic E-state index is 11.5. The smallest absolute Gasteiger partial charge is 0.407 e. The number of aldehydes is 1. The van der Waals surface area contributed by atoms with Crippen molar-refractivity contribution in [2.75, 3.05) is 46.7 Å². The van der Waals surface area contributed by atoms with Crippen molar-refractivity contribution in [3.8, 4) is 11.5 Å². The molecule has 1 N–H and O–H groups in total. The van der Waals surface area contributed by atoms with Crippen molar-refractivity contribution in [3.63, 3.8) is 0 Å². The third-order valence-corrected chi connectivity index (χ3v) is 4.51. The Kier molecular flexibility index (Phi) is 11.8. The van der Waals surface area contributed by atoms with E-state index in [-0.39, 0.29) is 0 Å². The molecular formula is C27H35NO7. The SMILES string of the molecule is COc1cc(C=O)ccc1/C=C/c1ccc(OCCOCCOCCNC(=O)OC(C)(C)C)cc1. The van der Waals surface area contributed by atoms with Crippen molar-refractivity contribution < 1.29 is 33.3 Å². The third-order valence-electron chi connectivity index (χ3n) is 4.51. The molecule has 0 radical (unpaired) electrons. The van der Waals surface area contributed by atoms with E-state index in [1.807, 2.05) is 63.3 Å². The summed E-state index contributed by atoms with van der Waals surface area (Å²) in [5.41, 5.74) is 1.96. The van der Waals surface area contributed by atoms with Gasteiger partial charge >= 0.3 is 6.09 Å². The van der Waals surface area contributed by atoms with E-state index in [1.54, 1.807) is 19.2 Å². The Hall–Kier alpha value is -3.36. The molecule has 35 heavy (non-hydrogen) atoms. The van der Waals surface area contributed by atoms with Crippen molar-refractivity contribution in [2.45, 2.75) is 26.4 Å². The van der Waals surface area contributed by atoms with Crippen molar-refractivity contribution in [1.29, 1.82) is 0 Å². The highest BCUT2D eigenvalue weighted by molar-refractivity contribution is 5.79. The number of hydrogen-bond donors (Lipinski definition) is 1. The van der Waals surface area contributed by atoms with E-state index in [9.17, 15) is 9.59 Å². The summed E-state index contributed by atoms with van der Waals surface area (Å²) in [7, 11) is 1.58. The van der Waals surface area contributed by atoms with E-state index < -0.39 is 11.7 Å². The van der Waals surface area contributed by atoms with Crippen molar-refractivity contribution in [3.05, 3.63) is 59.2 Å². The molecule has 2 aromatic rings. The highest BCUT2D eigenvalue weighted by atomic mass is 16.6. The van der Waals surface area contributed by atoms with Crippen LogP contribution in [0.15, 0.2) is 42.5 Å². The molecule has 0 unspecified atom stereocenters. The Labute approximate surface area is 207 Å². The summed E-state index contributed by atoms with van der Waals surface area (Å²) in [6.07, 6.45) is 4.24. The maximum Gasteiger partial charge on any atom is 0.407 e. The first-order chi connectivity index (χ1) is 16.8. The molecule has 2 aromatic carbocycles. The van der Waals surface area contributed by atoms with Gasteiger partial charge in [0.1, 0.15) is 30.0 Å². The Balaban J connectivity index is 1.58. The first-order valence-electron chi connectivity index (χ1n) is 11.5. The van der Waals surface area contributed by atoms with Gasteiger partial charge < -0.3 is 29.0 Å². The standard InChI is InChI=1S/C27H35NO7/c1-27(2,3)35-26(30)28-13-14-32-15-16-33-17-18-34-24-11-7-21(8-12-24)5-9-23-10-6-22(20-29)19-25(23)31-4/h5-12,19-20H,13-18H2,1-4H3,(H,28,30)/b9-5+. The van der Waals surface area contributed by atoms with Gasteiger partial charge in [0, 0.05) is 17.7 Å². The number of nitrogens with one attached hydrogen (secondary N) is 1. The van der Waals surface area contributed by atoms with Crippen LogP contribution in [0.25, 0.3) is 12.2 Å². The van der Waals surface area contributed by atoms with Gasteiger partial charge in [-0.25, -0.2) is 4.79 Å². The van der Waals surface area contributed by atoms with Gasteiger partial charge in [-0.05, 0) is 44.5 Å². The van der Waals surface area contributed by atoms with E-state index >= 15 is 0 Å². The summed E-state index contributed by atoms with van der Waals surface area (Å²) in [4.78, 5) is 22.4. The molecular weight excluding hydrogens is 450 g/mol. The average molecular weight is 486 g/mol. The Morgan fingerprint density at radius 2 is 1.54 bits per heavy atom. The fourth-order valence-corrected chi connectivity index (χ4v) is 2.88. The molecule has 0 aliphatic rings. The van der Waals surface area contributed by atoms with Crippen LogP contribution in [0.1, 0.15) is 42.3 Å². The largest absolute Gasteiger partial charge is 0.496 e. The first-order valence-corrected chi connectivity index (χ1v) is 11.5. The molecule has 0 fully saturated rings. The molecule has 0 saturated heterocycles. The minimum Gasteiger partial charge on any atom is -0.496 e. The van der Waals surface area contributed by atoms with Gasteiger partial charge in [0.2, 0.25) is 0 Å². The van der Waals surface area contributed by atoms with Gasteiger partial charge in [-0.15, -0.1) is 0 Å². The third kappa shape index (κ3) is 11.6. The number of ether oxygens (including phenoxy) is 5.